The molecule has 22 heavy (non-hydrogen) atoms. The Kier molecular flexibility index (Phi) is 7.01. The van der Waals surface area contributed by atoms with E-state index in [0.717, 1.165) is 12.0 Å². The Labute approximate surface area is 163 Å². The zero-order chi connectivity index (χ0) is 16.1. The van der Waals surface area contributed by atoms with Crippen LogP contribution < -0.4 is 0 Å². The Morgan fingerprint density at radius 2 is 1.68 bits per heavy atom. The summed E-state index contributed by atoms with van der Waals surface area (Å²) in [6.07, 6.45) is 1.42. The Morgan fingerprint density at radius 1 is 1.09 bits per heavy atom. The molecule has 0 aliphatic heterocycles. The van der Waals surface area contributed by atoms with E-state index in [1.807, 2.05) is 18.2 Å². The van der Waals surface area contributed by atoms with Gasteiger partial charge in [0.15, 0.2) is 0 Å². The summed E-state index contributed by atoms with van der Waals surface area (Å²) in [5, 5.41) is 9.17. The van der Waals surface area contributed by atoms with Gasteiger partial charge in [0.2, 0.25) is 0 Å². The molecule has 0 bridgehead atoms. The summed E-state index contributed by atoms with van der Waals surface area (Å²) < 4.78 is 2.37. The topological polar surface area (TPSA) is 37.3 Å². The Morgan fingerprint density at radius 3 is 2.18 bits per heavy atom. The van der Waals surface area contributed by atoms with Gasteiger partial charge in [0.05, 0.1) is 5.92 Å². The van der Waals surface area contributed by atoms with E-state index in [0.29, 0.717) is 12.2 Å². The predicted octanol–water partition coefficient (Wildman–Crippen LogP) is 4.66. The van der Waals surface area contributed by atoms with E-state index < -0.39 is 11.9 Å². The van der Waals surface area contributed by atoms with Crippen LogP contribution in [0, 0.1) is 13.1 Å². The van der Waals surface area contributed by atoms with Crippen LogP contribution in [0.4, 0.5) is 0 Å². The molecule has 0 saturated carbocycles. The fourth-order valence-corrected chi connectivity index (χ4v) is 4.82. The van der Waals surface area contributed by atoms with Gasteiger partial charge in [-0.3, -0.25) is 4.79 Å². The molecule has 0 fully saturated rings. The number of rotatable bonds is 6. The highest BCUT2D eigenvalue weighted by atomic mass is 127. The molecule has 116 valence electrons. The minimum Gasteiger partial charge on any atom is -0.481 e. The lowest BCUT2D eigenvalue weighted by atomic mass is 9.98. The third-order valence-electron chi connectivity index (χ3n) is 3.48. The van der Waals surface area contributed by atoms with Crippen LogP contribution in [-0.2, 0) is 17.6 Å². The minimum absolute atomic E-state index is 0.355. The summed E-state index contributed by atoms with van der Waals surface area (Å²) in [6.45, 7) is 0. The van der Waals surface area contributed by atoms with Crippen molar-refractivity contribution >= 4 is 63.8 Å². The lowest BCUT2D eigenvalue weighted by molar-refractivity contribution is -0.140. The smallest absolute Gasteiger partial charge is 0.307 e. The molecule has 0 aromatic heterocycles. The number of halogens is 2. The molecule has 0 aliphatic carbocycles. The summed E-state index contributed by atoms with van der Waals surface area (Å²) in [7, 11) is 0. The zero-order valence-corrected chi connectivity index (χ0v) is 17.0. The third-order valence-corrected chi connectivity index (χ3v) is 5.84. The van der Waals surface area contributed by atoms with Gasteiger partial charge < -0.3 is 5.11 Å². The maximum atomic E-state index is 11.2. The molecule has 1 N–H and O–H groups in total. The lowest BCUT2D eigenvalue weighted by Crippen LogP contribution is -2.18. The van der Waals surface area contributed by atoms with Crippen LogP contribution >= 0.6 is 57.8 Å². The van der Waals surface area contributed by atoms with E-state index in [1.54, 1.807) is 0 Å². The first-order chi connectivity index (χ1) is 10.5. The van der Waals surface area contributed by atoms with Crippen molar-refractivity contribution in [2.75, 3.05) is 5.75 Å². The lowest BCUT2D eigenvalue weighted by Gasteiger charge is -2.13. The second-order valence-corrected chi connectivity index (χ2v) is 7.81. The van der Waals surface area contributed by atoms with Gasteiger partial charge in [0.25, 0.3) is 0 Å². The summed E-state index contributed by atoms with van der Waals surface area (Å²) in [5.41, 5.74) is 3.64. The highest BCUT2D eigenvalue weighted by molar-refractivity contribution is 14.1. The maximum Gasteiger partial charge on any atom is 0.307 e. The normalized spacial score (nSPS) is 12.1. The van der Waals surface area contributed by atoms with Gasteiger partial charge >= 0.3 is 5.97 Å². The molecular weight excluding hydrogens is 522 g/mol. The number of thiol groups is 1. The number of aliphatic carboxylic acids is 1. The van der Waals surface area contributed by atoms with Gasteiger partial charge in [0, 0.05) is 12.9 Å². The quantitative estimate of drug-likeness (QED) is 0.415. The maximum absolute atomic E-state index is 11.2. The van der Waals surface area contributed by atoms with Crippen molar-refractivity contribution in [2.24, 2.45) is 5.92 Å². The molecule has 1 atom stereocenters. The van der Waals surface area contributed by atoms with E-state index in [2.05, 4.69) is 82.1 Å². The SMILES string of the molecule is O=C(O)[C@@H](CS)Cc1cc(I)c(Cc2ccccc2)c(I)c1. The van der Waals surface area contributed by atoms with Crippen molar-refractivity contribution in [3.05, 3.63) is 66.3 Å². The third kappa shape index (κ3) is 4.86. The Hall–Kier alpha value is -0.280. The molecule has 2 nitrogen and oxygen atoms in total. The van der Waals surface area contributed by atoms with Crippen LogP contribution in [0.2, 0.25) is 0 Å². The van der Waals surface area contributed by atoms with Gasteiger partial charge in [-0.25, -0.2) is 0 Å². The molecule has 0 heterocycles. The van der Waals surface area contributed by atoms with Gasteiger partial charge in [-0.2, -0.15) is 12.6 Å². The molecule has 0 amide bonds. The summed E-state index contributed by atoms with van der Waals surface area (Å²) in [5.74, 6) is -0.864. The van der Waals surface area contributed by atoms with E-state index in [-0.39, 0.29) is 0 Å². The summed E-state index contributed by atoms with van der Waals surface area (Å²) >= 11 is 8.83. The molecule has 0 saturated heterocycles. The van der Waals surface area contributed by atoms with Crippen LogP contribution in [0.3, 0.4) is 0 Å². The molecule has 2 rings (SSSR count). The second kappa shape index (κ2) is 8.54. The molecule has 0 radical (unpaired) electrons. The standard InChI is InChI=1S/C17H16I2O2S/c18-15-8-12(6-13(10-22)17(20)21)9-16(19)14(15)7-11-4-2-1-3-5-11/h1-5,8-9,13,22H,6-7,10H2,(H,20,21)/t13-/m1/s1. The molecule has 2 aromatic carbocycles. The van der Waals surface area contributed by atoms with Crippen molar-refractivity contribution in [3.63, 3.8) is 0 Å². The molecular formula is C17H16I2O2S. The highest BCUT2D eigenvalue weighted by Gasteiger charge is 2.17. The van der Waals surface area contributed by atoms with Crippen molar-refractivity contribution in [3.8, 4) is 0 Å². The van der Waals surface area contributed by atoms with Crippen LogP contribution in [0.5, 0.6) is 0 Å². The first kappa shape index (κ1) is 18.1. The van der Waals surface area contributed by atoms with Crippen LogP contribution in [0.1, 0.15) is 16.7 Å². The largest absolute Gasteiger partial charge is 0.481 e. The Bertz CT molecular complexity index is 636. The van der Waals surface area contributed by atoms with Crippen molar-refractivity contribution in [2.45, 2.75) is 12.8 Å². The summed E-state index contributed by atoms with van der Waals surface area (Å²) in [6, 6.07) is 14.6. The average molecular weight is 538 g/mol. The fraction of sp³-hybridized carbons (Fsp3) is 0.235. The Balaban J connectivity index is 2.23. The van der Waals surface area contributed by atoms with E-state index in [1.165, 1.54) is 18.3 Å². The van der Waals surface area contributed by atoms with E-state index in [9.17, 15) is 4.79 Å². The number of hydrogen-bond acceptors (Lipinski definition) is 2. The van der Waals surface area contributed by atoms with E-state index >= 15 is 0 Å². The van der Waals surface area contributed by atoms with Crippen molar-refractivity contribution < 1.29 is 9.90 Å². The molecule has 0 spiro atoms. The number of benzene rings is 2. The molecule has 2 aromatic rings. The molecule has 0 unspecified atom stereocenters. The first-order valence-electron chi connectivity index (χ1n) is 6.85. The second-order valence-electron chi connectivity index (χ2n) is 5.12. The average Bonchev–Trinajstić information content (AvgIpc) is 2.49. The number of hydrogen-bond donors (Lipinski definition) is 2. The van der Waals surface area contributed by atoms with Gasteiger partial charge in [0.1, 0.15) is 0 Å². The van der Waals surface area contributed by atoms with Crippen LogP contribution in [0.25, 0.3) is 0 Å². The van der Waals surface area contributed by atoms with E-state index in [4.69, 9.17) is 5.11 Å². The van der Waals surface area contributed by atoms with Gasteiger partial charge in [-0.15, -0.1) is 0 Å². The molecule has 5 heteroatoms. The van der Waals surface area contributed by atoms with Crippen molar-refractivity contribution in [1.82, 2.24) is 0 Å². The number of carboxylic acids is 1. The number of carbonyl (C=O) groups is 1. The summed E-state index contributed by atoms with van der Waals surface area (Å²) in [4.78, 5) is 11.2. The molecule has 0 aliphatic rings. The highest BCUT2D eigenvalue weighted by Crippen LogP contribution is 2.26. The minimum atomic E-state index is -0.784. The van der Waals surface area contributed by atoms with Gasteiger partial charge in [-0.1, -0.05) is 30.3 Å². The van der Waals surface area contributed by atoms with Crippen LogP contribution in [-0.4, -0.2) is 16.8 Å². The number of carboxylic acid groups (broad SMARTS) is 1. The zero-order valence-electron chi connectivity index (χ0n) is 11.8. The van der Waals surface area contributed by atoms with Gasteiger partial charge in [-0.05, 0) is 86.8 Å². The fourth-order valence-electron chi connectivity index (χ4n) is 2.26. The monoisotopic (exact) mass is 538 g/mol. The first-order valence-corrected chi connectivity index (χ1v) is 9.64. The van der Waals surface area contributed by atoms with Crippen molar-refractivity contribution in [1.29, 1.82) is 0 Å². The van der Waals surface area contributed by atoms with Crippen LogP contribution in [0.15, 0.2) is 42.5 Å². The predicted molar refractivity (Wildman–Crippen MR) is 110 cm³/mol.